The van der Waals surface area contributed by atoms with Gasteiger partial charge in [0.25, 0.3) is 5.19 Å². The van der Waals surface area contributed by atoms with Crippen LogP contribution in [0.1, 0.15) is 12.6 Å². The van der Waals surface area contributed by atoms with Crippen molar-refractivity contribution < 1.29 is 22.7 Å². The lowest BCUT2D eigenvalue weighted by Gasteiger charge is -2.04. The minimum atomic E-state index is -4.48. The van der Waals surface area contributed by atoms with Gasteiger partial charge in [0.05, 0.1) is 0 Å². The van der Waals surface area contributed by atoms with Crippen LogP contribution in [0.5, 0.6) is 10.9 Å². The summed E-state index contributed by atoms with van der Waals surface area (Å²) >= 11 is 0.763. The first-order valence-corrected chi connectivity index (χ1v) is 6.31. The quantitative estimate of drug-likeness (QED) is 0.935. The van der Waals surface area contributed by atoms with Crippen molar-refractivity contribution in [2.75, 3.05) is 5.32 Å². The molecule has 1 aromatic heterocycles. The Hall–Kier alpha value is -2.09. The number of carbonyl (C=O) groups excluding carboxylic acids is 1. The molecule has 106 valence electrons. The molecule has 1 aromatic carbocycles. The summed E-state index contributed by atoms with van der Waals surface area (Å²) in [6, 6.07) is 6.21. The molecule has 0 aliphatic rings. The highest BCUT2D eigenvalue weighted by Gasteiger charge is 2.34. The lowest BCUT2D eigenvalue weighted by Crippen LogP contribution is -2.05. The largest absolute Gasteiger partial charge is 0.434 e. The number of nitrogens with one attached hydrogen (secondary N) is 1. The molecule has 0 radical (unpaired) electrons. The SMILES string of the molecule is CC(=O)Nc1ccc(Oc2nc(C(F)(F)F)cs2)cc1. The predicted molar refractivity (Wildman–Crippen MR) is 67.9 cm³/mol. The van der Waals surface area contributed by atoms with Crippen molar-refractivity contribution in [2.24, 2.45) is 0 Å². The van der Waals surface area contributed by atoms with Crippen LogP contribution in [0.25, 0.3) is 0 Å². The number of nitrogens with zero attached hydrogens (tertiary/aromatic N) is 1. The molecule has 4 nitrogen and oxygen atoms in total. The Balaban J connectivity index is 2.06. The maximum absolute atomic E-state index is 12.4. The fourth-order valence-corrected chi connectivity index (χ4v) is 2.04. The van der Waals surface area contributed by atoms with Crippen molar-refractivity contribution in [3.8, 4) is 10.9 Å². The van der Waals surface area contributed by atoms with E-state index in [9.17, 15) is 18.0 Å². The maximum Gasteiger partial charge on any atom is 0.434 e. The first-order valence-electron chi connectivity index (χ1n) is 5.43. The number of hydrogen-bond donors (Lipinski definition) is 1. The Morgan fingerprint density at radius 3 is 2.45 bits per heavy atom. The number of anilines is 1. The highest BCUT2D eigenvalue weighted by atomic mass is 32.1. The van der Waals surface area contributed by atoms with E-state index in [1.165, 1.54) is 19.1 Å². The van der Waals surface area contributed by atoms with Gasteiger partial charge in [-0.1, -0.05) is 11.3 Å². The third-order valence-electron chi connectivity index (χ3n) is 2.15. The second kappa shape index (κ2) is 5.49. The Kier molecular flexibility index (Phi) is 3.93. The lowest BCUT2D eigenvalue weighted by molar-refractivity contribution is -0.140. The van der Waals surface area contributed by atoms with E-state index in [-0.39, 0.29) is 11.1 Å². The van der Waals surface area contributed by atoms with E-state index >= 15 is 0 Å². The highest BCUT2D eigenvalue weighted by molar-refractivity contribution is 7.11. The molecule has 0 saturated heterocycles. The number of thiazole rings is 1. The average molecular weight is 302 g/mol. The van der Waals surface area contributed by atoms with Crippen LogP contribution in [0, 0.1) is 0 Å². The molecule has 8 heteroatoms. The molecule has 0 bridgehead atoms. The third kappa shape index (κ3) is 3.70. The smallest absolute Gasteiger partial charge is 0.431 e. The van der Waals surface area contributed by atoms with Crippen molar-refractivity contribution in [3.63, 3.8) is 0 Å². The van der Waals surface area contributed by atoms with Crippen molar-refractivity contribution in [1.29, 1.82) is 0 Å². The molecule has 0 spiro atoms. The molecule has 1 N–H and O–H groups in total. The number of aromatic nitrogens is 1. The van der Waals surface area contributed by atoms with Gasteiger partial charge in [0.15, 0.2) is 5.69 Å². The molecule has 0 atom stereocenters. The summed E-state index contributed by atoms with van der Waals surface area (Å²) in [5.74, 6) is 0.121. The molecule has 0 aliphatic carbocycles. The number of benzene rings is 1. The fourth-order valence-electron chi connectivity index (χ4n) is 1.34. The first kappa shape index (κ1) is 14.3. The van der Waals surface area contributed by atoms with Crippen molar-refractivity contribution in [3.05, 3.63) is 35.3 Å². The van der Waals surface area contributed by atoms with Gasteiger partial charge in [-0.15, -0.1) is 0 Å². The summed E-state index contributed by atoms with van der Waals surface area (Å²) in [5, 5.41) is 3.36. The van der Waals surface area contributed by atoms with Gasteiger partial charge in [0.2, 0.25) is 5.91 Å². The summed E-state index contributed by atoms with van der Waals surface area (Å²) in [5.41, 5.74) is -0.410. The monoisotopic (exact) mass is 302 g/mol. The molecule has 20 heavy (non-hydrogen) atoms. The number of ether oxygens (including phenoxy) is 1. The van der Waals surface area contributed by atoms with Crippen molar-refractivity contribution in [2.45, 2.75) is 13.1 Å². The molecule has 0 aliphatic heterocycles. The van der Waals surface area contributed by atoms with Crippen LogP contribution in [0.2, 0.25) is 0 Å². The van der Waals surface area contributed by atoms with Crippen LogP contribution in [0.3, 0.4) is 0 Å². The van der Waals surface area contributed by atoms with E-state index in [2.05, 4.69) is 10.3 Å². The van der Waals surface area contributed by atoms with E-state index < -0.39 is 11.9 Å². The number of hydrogen-bond acceptors (Lipinski definition) is 4. The van der Waals surface area contributed by atoms with Gasteiger partial charge in [0, 0.05) is 18.0 Å². The summed E-state index contributed by atoms with van der Waals surface area (Å²) < 4.78 is 42.3. The van der Waals surface area contributed by atoms with Gasteiger partial charge in [-0.05, 0) is 24.3 Å². The zero-order chi connectivity index (χ0) is 14.8. The standard InChI is InChI=1S/C12H9F3N2O2S/c1-7(18)16-8-2-4-9(5-3-8)19-11-17-10(6-20-11)12(13,14)15/h2-6H,1H3,(H,16,18). The fraction of sp³-hybridized carbons (Fsp3) is 0.167. The first-order chi connectivity index (χ1) is 9.34. The van der Waals surface area contributed by atoms with Gasteiger partial charge < -0.3 is 10.1 Å². The van der Waals surface area contributed by atoms with E-state index in [4.69, 9.17) is 4.74 Å². The normalized spacial score (nSPS) is 11.2. The molecule has 0 saturated carbocycles. The molecule has 1 heterocycles. The van der Waals surface area contributed by atoms with Gasteiger partial charge in [-0.3, -0.25) is 4.79 Å². The Labute approximate surface area is 116 Å². The Morgan fingerprint density at radius 1 is 1.30 bits per heavy atom. The highest BCUT2D eigenvalue weighted by Crippen LogP contribution is 2.34. The van der Waals surface area contributed by atoms with Gasteiger partial charge in [0.1, 0.15) is 5.75 Å². The molecular weight excluding hydrogens is 293 g/mol. The molecule has 2 rings (SSSR count). The van der Waals surface area contributed by atoms with Crippen molar-refractivity contribution >= 4 is 22.9 Å². The van der Waals surface area contributed by atoms with E-state index in [0.29, 0.717) is 11.4 Å². The zero-order valence-corrected chi connectivity index (χ0v) is 11.0. The van der Waals surface area contributed by atoms with Gasteiger partial charge >= 0.3 is 6.18 Å². The van der Waals surface area contributed by atoms with Gasteiger partial charge in [-0.25, -0.2) is 0 Å². The van der Waals surface area contributed by atoms with Crippen LogP contribution < -0.4 is 10.1 Å². The number of halogens is 3. The summed E-state index contributed by atoms with van der Waals surface area (Å²) in [4.78, 5) is 14.2. The average Bonchev–Trinajstić information content (AvgIpc) is 2.79. The van der Waals surface area contributed by atoms with Crippen LogP contribution in [-0.4, -0.2) is 10.9 Å². The zero-order valence-electron chi connectivity index (χ0n) is 10.2. The minimum Gasteiger partial charge on any atom is -0.431 e. The van der Waals surface area contributed by atoms with Crippen molar-refractivity contribution in [1.82, 2.24) is 4.98 Å². The minimum absolute atomic E-state index is 0.0930. The van der Waals surface area contributed by atoms with Crippen LogP contribution in [0.4, 0.5) is 18.9 Å². The Bertz CT molecular complexity index is 608. The molecule has 0 unspecified atom stereocenters. The molecule has 0 fully saturated rings. The number of amides is 1. The molecule has 2 aromatic rings. The number of alkyl halides is 3. The molecular formula is C12H9F3N2O2S. The van der Waals surface area contributed by atoms with Crippen LogP contribution in [-0.2, 0) is 11.0 Å². The van der Waals surface area contributed by atoms with E-state index in [1.807, 2.05) is 0 Å². The predicted octanol–water partition coefficient (Wildman–Crippen LogP) is 3.91. The van der Waals surface area contributed by atoms with Crippen LogP contribution >= 0.6 is 11.3 Å². The number of rotatable bonds is 3. The lowest BCUT2D eigenvalue weighted by atomic mass is 10.3. The summed E-state index contributed by atoms with van der Waals surface area (Å²) in [6.45, 7) is 1.37. The second-order valence-electron chi connectivity index (χ2n) is 3.80. The van der Waals surface area contributed by atoms with E-state index in [0.717, 1.165) is 16.7 Å². The van der Waals surface area contributed by atoms with E-state index in [1.54, 1.807) is 12.1 Å². The number of carbonyl (C=O) groups is 1. The maximum atomic E-state index is 12.4. The topological polar surface area (TPSA) is 51.2 Å². The summed E-state index contributed by atoms with van der Waals surface area (Å²) in [6.07, 6.45) is -4.48. The Morgan fingerprint density at radius 2 is 1.95 bits per heavy atom. The summed E-state index contributed by atoms with van der Waals surface area (Å²) in [7, 11) is 0. The van der Waals surface area contributed by atoms with Gasteiger partial charge in [-0.2, -0.15) is 18.2 Å². The third-order valence-corrected chi connectivity index (χ3v) is 2.87. The molecule has 1 amide bonds. The van der Waals surface area contributed by atoms with Crippen LogP contribution in [0.15, 0.2) is 29.6 Å². The second-order valence-corrected chi connectivity index (χ2v) is 4.62.